The summed E-state index contributed by atoms with van der Waals surface area (Å²) in [5.41, 5.74) is -2.12. The Hall–Kier alpha value is -7.49. The van der Waals surface area contributed by atoms with Crippen LogP contribution in [0.15, 0.2) is 74.1 Å². The van der Waals surface area contributed by atoms with Crippen LogP contribution in [0.3, 0.4) is 0 Å². The molecule has 6 fully saturated rings. The average Bonchev–Trinajstić information content (AvgIpc) is 1.53. The number of aryl methyl sites for hydroxylation is 2. The number of cyclic esters (lactones) is 2. The van der Waals surface area contributed by atoms with Crippen LogP contribution in [0.4, 0.5) is 9.59 Å². The minimum absolute atomic E-state index is 0.0232. The molecule has 0 bridgehead atoms. The average molecular weight is 1640 g/mol. The van der Waals surface area contributed by atoms with Crippen LogP contribution in [-0.4, -0.2) is 227 Å². The van der Waals surface area contributed by atoms with Gasteiger partial charge < -0.3 is 72.1 Å². The van der Waals surface area contributed by atoms with E-state index in [1.807, 2.05) is 108 Å². The summed E-state index contributed by atoms with van der Waals surface area (Å²) in [6, 6.07) is 5.42. The smallest absolute Gasteiger partial charge is 0.411 e. The number of amides is 2. The molecule has 30 nitrogen and oxygen atoms in total. The van der Waals surface area contributed by atoms with E-state index in [0.29, 0.717) is 51.6 Å². The zero-order valence-electron chi connectivity index (χ0n) is 71.0. The second-order valence-electron chi connectivity index (χ2n) is 35.2. The monoisotopic (exact) mass is 1640 g/mol. The van der Waals surface area contributed by atoms with Gasteiger partial charge in [0.1, 0.15) is 54.4 Å². The molecule has 31 heteroatoms. The van der Waals surface area contributed by atoms with Crippen molar-refractivity contribution in [1.82, 2.24) is 38.9 Å². The molecule has 0 aromatic carbocycles. The molecule has 10 heterocycles. The zero-order chi connectivity index (χ0) is 85.4. The highest BCUT2D eigenvalue weighted by molar-refractivity contribution is 7.86. The molecule has 0 aliphatic carbocycles. The molecule has 4 aromatic rings. The Morgan fingerprint density at radius 2 is 0.914 bits per heavy atom. The Morgan fingerprint density at radius 3 is 1.28 bits per heavy atom. The number of unbranched alkanes of at least 4 members (excludes halogenated alkanes) is 2. The molecule has 116 heavy (non-hydrogen) atoms. The first-order chi connectivity index (χ1) is 54.5. The van der Waals surface area contributed by atoms with E-state index in [1.54, 1.807) is 85.9 Å². The van der Waals surface area contributed by atoms with Gasteiger partial charge in [0.05, 0.1) is 73.4 Å². The molecule has 0 radical (unpaired) electrons. The van der Waals surface area contributed by atoms with Crippen molar-refractivity contribution in [2.24, 2.45) is 70.0 Å². The van der Waals surface area contributed by atoms with Gasteiger partial charge in [0.25, 0.3) is 10.1 Å². The highest BCUT2D eigenvalue weighted by Gasteiger charge is 2.65. The molecule has 6 aliphatic heterocycles. The number of hydrogen-bond donors (Lipinski definition) is 3. The van der Waals surface area contributed by atoms with E-state index in [1.165, 1.54) is 23.6 Å². The van der Waals surface area contributed by atoms with E-state index in [9.17, 15) is 62.1 Å². The van der Waals surface area contributed by atoms with E-state index in [0.717, 1.165) is 28.8 Å². The molecule has 644 valence electrons. The van der Waals surface area contributed by atoms with Gasteiger partial charge in [-0.3, -0.25) is 42.9 Å². The normalized spacial score (nSPS) is 35.1. The third-order valence-electron chi connectivity index (χ3n) is 24.9. The first-order valence-electron chi connectivity index (χ1n) is 41.4. The van der Waals surface area contributed by atoms with Crippen LogP contribution < -0.4 is 0 Å². The van der Waals surface area contributed by atoms with Gasteiger partial charge in [-0.2, -0.15) is 8.42 Å². The van der Waals surface area contributed by atoms with Gasteiger partial charge in [-0.15, -0.1) is 0 Å². The van der Waals surface area contributed by atoms with Gasteiger partial charge >= 0.3 is 24.1 Å². The van der Waals surface area contributed by atoms with Gasteiger partial charge in [-0.1, -0.05) is 96.9 Å². The first kappa shape index (κ1) is 92.4. The number of imidazole rings is 2. The Morgan fingerprint density at radius 1 is 0.534 bits per heavy atom. The van der Waals surface area contributed by atoms with Gasteiger partial charge in [-0.25, -0.2) is 19.6 Å². The van der Waals surface area contributed by atoms with Crippen LogP contribution in [0.5, 0.6) is 0 Å². The number of pyridine rings is 2. The fourth-order valence-corrected chi connectivity index (χ4v) is 19.3. The largest absolute Gasteiger partial charge is 0.457 e. The van der Waals surface area contributed by atoms with E-state index >= 15 is 0 Å². The van der Waals surface area contributed by atoms with Crippen molar-refractivity contribution in [3.05, 3.63) is 74.1 Å². The van der Waals surface area contributed by atoms with Crippen LogP contribution in [0.2, 0.25) is 0 Å². The van der Waals surface area contributed by atoms with Crippen molar-refractivity contribution < 1.29 is 104 Å². The maximum Gasteiger partial charge on any atom is 0.411 e. The Kier molecular flexibility index (Phi) is 30.8. The lowest BCUT2D eigenvalue weighted by Gasteiger charge is -2.46. The molecular weight excluding hydrogens is 1520 g/mol. The molecule has 3 N–H and O–H groups in total. The molecule has 6 aliphatic rings. The van der Waals surface area contributed by atoms with Gasteiger partial charge in [0.2, 0.25) is 0 Å². The molecular formula is C85H126N8O22S. The summed E-state index contributed by atoms with van der Waals surface area (Å²) >= 11 is 0. The number of rotatable bonds is 22. The van der Waals surface area contributed by atoms with Crippen LogP contribution in [0.1, 0.15) is 189 Å². The topological polar surface area (TPSA) is 382 Å². The number of carbonyl (C=O) groups is 8. The van der Waals surface area contributed by atoms with Crippen molar-refractivity contribution in [1.29, 1.82) is 0 Å². The quantitative estimate of drug-likeness (QED) is 0.0216. The molecule has 6 saturated heterocycles. The fraction of sp³-hybridized carbons (Fsp3) is 0.718. The summed E-state index contributed by atoms with van der Waals surface area (Å²) in [4.78, 5) is 134. The van der Waals surface area contributed by atoms with Crippen molar-refractivity contribution in [2.45, 2.75) is 287 Å². The number of aliphatic hydroxyl groups is 3. The second-order valence-corrected chi connectivity index (χ2v) is 36.8. The molecule has 24 atom stereocenters. The molecule has 2 amide bonds. The maximum atomic E-state index is 14.8. The number of aromatic nitrogens is 6. The standard InChI is InChI=1S/C43H64N4O12S.C42H62N4O10/c1-11-33-43(23-55-60(10,53)54)37(47(41(52)59-43)18-13-12-17-46-22-32(45-24-46)31-15-14-16-44-21-31)28(5)34(48)26(3)20-42(8,9)38(29(6)36(50)30(7)39(51)57-33)58-40-35(49)25(2)19-27(4)56-40;1-10-32-42(22-47)36(46(40(52)56-42)17-12-11-16-45-21-31(44-23-45)30-14-13-15-43-20-30)27(5)33(48)25(3)19-41(8,9)37(28(6)35(50)29(7)38(51)54-32)55-39-34(49)24(2)18-26(4)53-39/h14-16,21-22,24-30,33,35,37-38,40,49H,11-13,17-20,23H2,1-10H3;13-15,20-21,23-29,32,34,36-37,39,47,49H,10-12,16-19,22H2,1-9H3/t25-,26+,27+,28-,29-,30+,33+,35+,37+,38+,40-,43+;24-,25+,26+,27-,28-,29+,32+,34+,36+,37+,39-,42+/m00/s1. The van der Waals surface area contributed by atoms with Crippen LogP contribution in [0.25, 0.3) is 22.5 Å². The lowest BCUT2D eigenvalue weighted by Crippen LogP contribution is -2.62. The van der Waals surface area contributed by atoms with Gasteiger partial charge in [-0.05, 0) is 139 Å². The molecule has 0 unspecified atom stereocenters. The number of Topliss-reactive ketones (excluding diaryl/α,β-unsaturated/α-hetero) is 4. The molecule has 0 saturated carbocycles. The number of fused-ring (bicyclic) bond motifs is 2. The number of nitrogens with zero attached hydrogens (tertiary/aromatic N) is 8. The van der Waals surface area contributed by atoms with Gasteiger partial charge in [0.15, 0.2) is 35.3 Å². The SMILES string of the molecule is CC[C@H]1OC(=O)[C@H](C)C(=O)[C@H](C)[C@@H](O[C@@H]2O[C@H](C)C[C@H](C)[C@H]2O)C(C)(C)C[C@@H](C)C(=O)[C@H](C)[C@H]2N(CCCCn3cnc(-c4cccnc4)c3)C(=O)O[C@]12CO.CC[C@H]1OC(=O)[C@H](C)C(=O)[C@H](C)[C@@H](O[C@@H]2O[C@H](C)C[C@H](C)[C@H]2O)C(C)(C)C[C@@H](C)C(=O)[C@H](C)[C@H]2N(CCCCn3cnc(-c4cccnc4)c3)C(=O)O[C@]12COS(C)(=O)=O. The van der Waals surface area contributed by atoms with Gasteiger partial charge in [0, 0.05) is 110 Å². The van der Waals surface area contributed by atoms with Crippen LogP contribution >= 0.6 is 0 Å². The lowest BCUT2D eigenvalue weighted by atomic mass is 9.69. The first-order valence-corrected chi connectivity index (χ1v) is 43.2. The summed E-state index contributed by atoms with van der Waals surface area (Å²) in [6.07, 6.45) is 9.09. The van der Waals surface area contributed by atoms with Crippen LogP contribution in [0, 0.1) is 70.0 Å². The number of esters is 2. The van der Waals surface area contributed by atoms with Crippen molar-refractivity contribution in [3.63, 3.8) is 0 Å². The molecule has 0 spiro atoms. The Labute approximate surface area is 683 Å². The van der Waals surface area contributed by atoms with Crippen LogP contribution in [-0.2, 0) is 94.1 Å². The number of hydrogen-bond acceptors (Lipinski definition) is 26. The summed E-state index contributed by atoms with van der Waals surface area (Å²) in [7, 11) is -4.14. The van der Waals surface area contributed by atoms with Crippen molar-refractivity contribution in [2.75, 3.05) is 32.6 Å². The fourth-order valence-electron chi connectivity index (χ4n) is 18.9. The number of carbonyl (C=O) groups excluding carboxylic acids is 8. The third kappa shape index (κ3) is 20.8. The Bertz CT molecular complexity index is 4140. The predicted octanol–water partition coefficient (Wildman–Crippen LogP) is 10.4. The van der Waals surface area contributed by atoms with E-state index in [2.05, 4.69) is 19.9 Å². The van der Waals surface area contributed by atoms with E-state index < -0.39 is 190 Å². The molecule has 4 aromatic heterocycles. The highest BCUT2D eigenvalue weighted by atomic mass is 32.2. The summed E-state index contributed by atoms with van der Waals surface area (Å²) in [5.74, 6) is -10.8. The van der Waals surface area contributed by atoms with Crippen molar-refractivity contribution in [3.8, 4) is 22.5 Å². The number of ether oxygens (including phenoxy) is 8. The highest BCUT2D eigenvalue weighted by Crippen LogP contribution is 2.48. The summed E-state index contributed by atoms with van der Waals surface area (Å²) in [6.45, 7) is 31.9. The van der Waals surface area contributed by atoms with Crippen molar-refractivity contribution >= 4 is 57.4 Å². The zero-order valence-corrected chi connectivity index (χ0v) is 71.8. The van der Waals surface area contributed by atoms with E-state index in [4.69, 9.17) is 42.1 Å². The lowest BCUT2D eigenvalue weighted by molar-refractivity contribution is -0.284. The van der Waals surface area contributed by atoms with E-state index in [-0.39, 0.29) is 74.4 Å². The predicted molar refractivity (Wildman–Crippen MR) is 425 cm³/mol. The second kappa shape index (κ2) is 38.7. The summed E-state index contributed by atoms with van der Waals surface area (Å²) in [5, 5.41) is 33.3. The summed E-state index contributed by atoms with van der Waals surface area (Å²) < 4.78 is 84.0. The minimum atomic E-state index is -4.14. The third-order valence-corrected chi connectivity index (χ3v) is 25.5. The number of ketones is 4. The maximum absolute atomic E-state index is 14.8. The number of aliphatic hydroxyl groups excluding tert-OH is 3. The Balaban J connectivity index is 0.000000266. The molecule has 10 rings (SSSR count). The minimum Gasteiger partial charge on any atom is -0.457 e.